The third-order valence-corrected chi connectivity index (χ3v) is 4.16. The van der Waals surface area contributed by atoms with E-state index >= 15 is 0 Å². The number of hydrogen-bond acceptors (Lipinski definition) is 4. The fraction of sp³-hybridized carbons (Fsp3) is 0.917. The molecule has 0 radical (unpaired) electrons. The molecule has 1 aliphatic rings. The molecule has 106 valence electrons. The van der Waals surface area contributed by atoms with Crippen molar-refractivity contribution < 1.29 is 13.2 Å². The second-order valence-corrected chi connectivity index (χ2v) is 7.30. The van der Waals surface area contributed by atoms with Crippen molar-refractivity contribution in [2.24, 2.45) is 0 Å². The van der Waals surface area contributed by atoms with Gasteiger partial charge in [-0.2, -0.15) is 0 Å². The first-order valence-corrected chi connectivity index (χ1v) is 8.66. The molecule has 1 saturated heterocycles. The molecule has 1 atom stereocenters. The van der Waals surface area contributed by atoms with Crippen LogP contribution >= 0.6 is 0 Å². The van der Waals surface area contributed by atoms with Crippen LogP contribution in [0.15, 0.2) is 0 Å². The van der Waals surface area contributed by atoms with E-state index < -0.39 is 9.84 Å². The SMILES string of the molecule is CC(NCCS(C)(=O)=O)C(=O)N1CCCCCC1. The number of carbonyl (C=O) groups excluding carboxylic acids is 1. The molecule has 0 bridgehead atoms. The van der Waals surface area contributed by atoms with E-state index in [1.165, 1.54) is 19.1 Å². The molecular formula is C12H24N2O3S. The molecule has 1 aliphatic heterocycles. The molecule has 1 fully saturated rings. The highest BCUT2D eigenvalue weighted by molar-refractivity contribution is 7.90. The molecule has 0 aromatic rings. The Balaban J connectivity index is 2.35. The zero-order valence-electron chi connectivity index (χ0n) is 11.3. The highest BCUT2D eigenvalue weighted by Crippen LogP contribution is 2.10. The van der Waals surface area contributed by atoms with Crippen LogP contribution in [0.25, 0.3) is 0 Å². The topological polar surface area (TPSA) is 66.5 Å². The monoisotopic (exact) mass is 276 g/mol. The van der Waals surface area contributed by atoms with Crippen molar-refractivity contribution in [2.75, 3.05) is 31.6 Å². The van der Waals surface area contributed by atoms with Crippen molar-refractivity contribution in [1.82, 2.24) is 10.2 Å². The van der Waals surface area contributed by atoms with Crippen LogP contribution in [0.5, 0.6) is 0 Å². The Kier molecular flexibility index (Phi) is 6.08. The molecule has 0 aromatic carbocycles. The average Bonchev–Trinajstić information content (AvgIpc) is 2.54. The van der Waals surface area contributed by atoms with Crippen molar-refractivity contribution in [3.05, 3.63) is 0 Å². The number of carbonyl (C=O) groups is 1. The lowest BCUT2D eigenvalue weighted by Crippen LogP contribution is -2.46. The van der Waals surface area contributed by atoms with Crippen LogP contribution in [0.3, 0.4) is 0 Å². The molecule has 0 saturated carbocycles. The number of sulfone groups is 1. The van der Waals surface area contributed by atoms with Gasteiger partial charge in [0.2, 0.25) is 5.91 Å². The highest BCUT2D eigenvalue weighted by atomic mass is 32.2. The smallest absolute Gasteiger partial charge is 0.239 e. The van der Waals surface area contributed by atoms with E-state index in [1.807, 2.05) is 4.90 Å². The van der Waals surface area contributed by atoms with Crippen molar-refractivity contribution in [3.63, 3.8) is 0 Å². The third kappa shape index (κ3) is 5.82. The van der Waals surface area contributed by atoms with Gasteiger partial charge in [0.05, 0.1) is 11.8 Å². The van der Waals surface area contributed by atoms with Crippen LogP contribution in [-0.4, -0.2) is 56.9 Å². The first kappa shape index (κ1) is 15.4. The molecule has 1 amide bonds. The minimum Gasteiger partial charge on any atom is -0.341 e. The number of nitrogens with zero attached hydrogens (tertiary/aromatic N) is 1. The molecule has 1 unspecified atom stereocenters. The van der Waals surface area contributed by atoms with E-state index in [0.29, 0.717) is 6.54 Å². The second kappa shape index (κ2) is 7.09. The Morgan fingerprint density at radius 1 is 1.22 bits per heavy atom. The highest BCUT2D eigenvalue weighted by Gasteiger charge is 2.20. The lowest BCUT2D eigenvalue weighted by molar-refractivity contribution is -0.132. The summed E-state index contributed by atoms with van der Waals surface area (Å²) in [5.74, 6) is 0.162. The average molecular weight is 276 g/mol. The van der Waals surface area contributed by atoms with Gasteiger partial charge in [-0.3, -0.25) is 4.79 Å². The standard InChI is InChI=1S/C12H24N2O3S/c1-11(13-7-10-18(2,16)17)12(15)14-8-5-3-4-6-9-14/h11,13H,3-10H2,1-2H3. The van der Waals surface area contributed by atoms with E-state index in [9.17, 15) is 13.2 Å². The van der Waals surface area contributed by atoms with Crippen molar-refractivity contribution in [3.8, 4) is 0 Å². The largest absolute Gasteiger partial charge is 0.341 e. The summed E-state index contributed by atoms with van der Waals surface area (Å²) in [6.45, 7) is 3.79. The molecular weight excluding hydrogens is 252 g/mol. The van der Waals surface area contributed by atoms with Crippen LogP contribution in [0.1, 0.15) is 32.6 Å². The minimum atomic E-state index is -2.96. The summed E-state index contributed by atoms with van der Waals surface area (Å²) in [4.78, 5) is 14.0. The third-order valence-electron chi connectivity index (χ3n) is 3.21. The summed E-state index contributed by atoms with van der Waals surface area (Å²) >= 11 is 0. The van der Waals surface area contributed by atoms with Crippen molar-refractivity contribution in [2.45, 2.75) is 38.6 Å². The van der Waals surface area contributed by atoms with Gasteiger partial charge in [0.15, 0.2) is 0 Å². The summed E-state index contributed by atoms with van der Waals surface area (Å²) in [6, 6.07) is -0.301. The fourth-order valence-electron chi connectivity index (χ4n) is 2.11. The quantitative estimate of drug-likeness (QED) is 0.790. The fourth-order valence-corrected chi connectivity index (χ4v) is 2.60. The lowest BCUT2D eigenvalue weighted by atomic mass is 10.2. The van der Waals surface area contributed by atoms with Crippen LogP contribution in [0.2, 0.25) is 0 Å². The van der Waals surface area contributed by atoms with Crippen molar-refractivity contribution >= 4 is 15.7 Å². The molecule has 0 aromatic heterocycles. The Morgan fingerprint density at radius 3 is 2.28 bits per heavy atom. The number of amides is 1. The Hall–Kier alpha value is -0.620. The van der Waals surface area contributed by atoms with Crippen molar-refractivity contribution in [1.29, 1.82) is 0 Å². The Bertz CT molecular complexity index is 360. The summed E-state index contributed by atoms with van der Waals surface area (Å²) < 4.78 is 22.0. The molecule has 1 N–H and O–H groups in total. The predicted molar refractivity (Wildman–Crippen MR) is 72.2 cm³/mol. The van der Waals surface area contributed by atoms with Gasteiger partial charge in [-0.05, 0) is 19.8 Å². The number of likely N-dealkylation sites (tertiary alicyclic amines) is 1. The maximum absolute atomic E-state index is 12.1. The van der Waals surface area contributed by atoms with Gasteiger partial charge in [0.25, 0.3) is 0 Å². The molecule has 18 heavy (non-hydrogen) atoms. The zero-order chi connectivity index (χ0) is 13.6. The van der Waals surface area contributed by atoms with E-state index in [0.717, 1.165) is 25.9 Å². The molecule has 0 aliphatic carbocycles. The second-order valence-electron chi connectivity index (χ2n) is 5.05. The Morgan fingerprint density at radius 2 is 1.78 bits per heavy atom. The molecule has 1 rings (SSSR count). The van der Waals surface area contributed by atoms with E-state index in [1.54, 1.807) is 6.92 Å². The predicted octanol–water partition coefficient (Wildman–Crippen LogP) is 0.412. The van der Waals surface area contributed by atoms with Gasteiger partial charge < -0.3 is 10.2 Å². The molecule has 0 spiro atoms. The van der Waals surface area contributed by atoms with E-state index in [-0.39, 0.29) is 17.7 Å². The zero-order valence-corrected chi connectivity index (χ0v) is 12.1. The summed E-state index contributed by atoms with van der Waals surface area (Å²) in [6.07, 6.45) is 5.74. The maximum atomic E-state index is 12.1. The first-order chi connectivity index (χ1) is 8.40. The first-order valence-electron chi connectivity index (χ1n) is 6.60. The van der Waals surface area contributed by atoms with Crippen LogP contribution in [0, 0.1) is 0 Å². The molecule has 1 heterocycles. The van der Waals surface area contributed by atoms with Crippen LogP contribution < -0.4 is 5.32 Å². The minimum absolute atomic E-state index is 0.0740. The summed E-state index contributed by atoms with van der Waals surface area (Å²) in [5, 5.41) is 2.99. The van der Waals surface area contributed by atoms with Gasteiger partial charge in [-0.15, -0.1) is 0 Å². The summed E-state index contributed by atoms with van der Waals surface area (Å²) in [5.41, 5.74) is 0. The Labute approximate surface area is 110 Å². The van der Waals surface area contributed by atoms with Gasteiger partial charge in [-0.25, -0.2) is 8.42 Å². The molecule has 5 nitrogen and oxygen atoms in total. The summed E-state index contributed by atoms with van der Waals surface area (Å²) in [7, 11) is -2.96. The van der Waals surface area contributed by atoms with Crippen LogP contribution in [0.4, 0.5) is 0 Å². The van der Waals surface area contributed by atoms with E-state index in [4.69, 9.17) is 0 Å². The lowest BCUT2D eigenvalue weighted by Gasteiger charge is -2.24. The van der Waals surface area contributed by atoms with Gasteiger partial charge in [0.1, 0.15) is 9.84 Å². The number of nitrogens with one attached hydrogen (secondary N) is 1. The maximum Gasteiger partial charge on any atom is 0.239 e. The number of hydrogen-bond donors (Lipinski definition) is 1. The van der Waals surface area contributed by atoms with E-state index in [2.05, 4.69) is 5.32 Å². The van der Waals surface area contributed by atoms with Crippen LogP contribution in [-0.2, 0) is 14.6 Å². The van der Waals surface area contributed by atoms with Gasteiger partial charge in [0, 0.05) is 25.9 Å². The molecule has 6 heteroatoms. The van der Waals surface area contributed by atoms with Gasteiger partial charge >= 0.3 is 0 Å². The number of rotatable bonds is 5. The normalized spacial score (nSPS) is 19.3. The van der Waals surface area contributed by atoms with Gasteiger partial charge in [-0.1, -0.05) is 12.8 Å².